The molecule has 26 heavy (non-hydrogen) atoms. The van der Waals surface area contributed by atoms with E-state index < -0.39 is 12.7 Å². The van der Waals surface area contributed by atoms with Crippen molar-refractivity contribution >= 4 is 17.3 Å². The van der Waals surface area contributed by atoms with Crippen LogP contribution in [0.2, 0.25) is 0 Å². The molecule has 2 heterocycles. The number of guanidine groups is 1. The van der Waals surface area contributed by atoms with Gasteiger partial charge in [-0.1, -0.05) is 13.8 Å². The fourth-order valence-corrected chi connectivity index (χ4v) is 3.98. The standard InChI is InChI=1S/C17H28F3N5S/c1-4-14-8-22-15(26-14)9-23-16(21-3)25-7-6-13(11-25)10-24(5-2)12-17(18,19)20/h8,13H,4-7,9-12H2,1-3H3,(H,21,23). The lowest BCUT2D eigenvalue weighted by molar-refractivity contribution is -0.146. The molecular weight excluding hydrogens is 363 g/mol. The Labute approximate surface area is 157 Å². The first-order chi connectivity index (χ1) is 12.3. The summed E-state index contributed by atoms with van der Waals surface area (Å²) in [6.45, 7) is 6.08. The zero-order chi connectivity index (χ0) is 19.2. The molecule has 148 valence electrons. The number of aliphatic imine (C=N–C) groups is 1. The van der Waals surface area contributed by atoms with Gasteiger partial charge in [0.05, 0.1) is 13.1 Å². The first kappa shape index (κ1) is 21.0. The van der Waals surface area contributed by atoms with Crippen molar-refractivity contribution in [2.45, 2.75) is 39.4 Å². The molecule has 1 aliphatic heterocycles. The second kappa shape index (κ2) is 9.55. The number of rotatable bonds is 7. The van der Waals surface area contributed by atoms with E-state index in [1.54, 1.807) is 25.3 Å². The predicted octanol–water partition coefficient (Wildman–Crippen LogP) is 2.99. The van der Waals surface area contributed by atoms with Crippen LogP contribution in [0.3, 0.4) is 0 Å². The number of alkyl halides is 3. The number of aromatic nitrogens is 1. The van der Waals surface area contributed by atoms with E-state index in [0.717, 1.165) is 36.9 Å². The van der Waals surface area contributed by atoms with E-state index in [1.807, 2.05) is 6.20 Å². The van der Waals surface area contributed by atoms with Crippen molar-refractivity contribution in [3.05, 3.63) is 16.1 Å². The Balaban J connectivity index is 1.83. The summed E-state index contributed by atoms with van der Waals surface area (Å²) in [5.74, 6) is 1.02. The summed E-state index contributed by atoms with van der Waals surface area (Å²) >= 11 is 1.68. The van der Waals surface area contributed by atoms with E-state index in [0.29, 0.717) is 19.6 Å². The summed E-state index contributed by atoms with van der Waals surface area (Å²) in [4.78, 5) is 13.6. The van der Waals surface area contributed by atoms with Crippen LogP contribution < -0.4 is 5.32 Å². The summed E-state index contributed by atoms with van der Waals surface area (Å²) in [6.07, 6.45) is -0.383. The molecule has 1 saturated heterocycles. The maximum absolute atomic E-state index is 12.6. The van der Waals surface area contributed by atoms with Crippen LogP contribution in [0.25, 0.3) is 0 Å². The van der Waals surface area contributed by atoms with Crippen molar-refractivity contribution in [1.29, 1.82) is 0 Å². The number of thiazole rings is 1. The van der Waals surface area contributed by atoms with Crippen LogP contribution in [-0.2, 0) is 13.0 Å². The van der Waals surface area contributed by atoms with Crippen LogP contribution in [0.1, 0.15) is 30.2 Å². The Morgan fingerprint density at radius 3 is 2.81 bits per heavy atom. The van der Waals surface area contributed by atoms with Gasteiger partial charge in [0.15, 0.2) is 5.96 Å². The lowest BCUT2D eigenvalue weighted by Crippen LogP contribution is -2.41. The van der Waals surface area contributed by atoms with Crippen molar-refractivity contribution < 1.29 is 13.2 Å². The predicted molar refractivity (Wildman–Crippen MR) is 99.5 cm³/mol. The Hall–Kier alpha value is -1.35. The highest BCUT2D eigenvalue weighted by molar-refractivity contribution is 7.11. The Morgan fingerprint density at radius 1 is 1.46 bits per heavy atom. The maximum Gasteiger partial charge on any atom is 0.401 e. The van der Waals surface area contributed by atoms with Gasteiger partial charge >= 0.3 is 6.18 Å². The lowest BCUT2D eigenvalue weighted by atomic mass is 10.1. The van der Waals surface area contributed by atoms with Gasteiger partial charge in [-0.05, 0) is 25.3 Å². The summed E-state index contributed by atoms with van der Waals surface area (Å²) in [5, 5.41) is 4.34. The third-order valence-electron chi connectivity index (χ3n) is 4.51. The van der Waals surface area contributed by atoms with Crippen LogP contribution in [0, 0.1) is 5.92 Å². The molecule has 1 aromatic heterocycles. The van der Waals surface area contributed by atoms with Gasteiger partial charge in [-0.2, -0.15) is 13.2 Å². The fourth-order valence-electron chi connectivity index (χ4n) is 3.18. The molecule has 5 nitrogen and oxygen atoms in total. The maximum atomic E-state index is 12.6. The zero-order valence-corrected chi connectivity index (χ0v) is 16.5. The van der Waals surface area contributed by atoms with Crippen molar-refractivity contribution in [2.24, 2.45) is 10.9 Å². The Bertz CT molecular complexity index is 587. The first-order valence-electron chi connectivity index (χ1n) is 9.02. The number of nitrogens with zero attached hydrogens (tertiary/aromatic N) is 4. The fraction of sp³-hybridized carbons (Fsp3) is 0.765. The molecule has 0 amide bonds. The molecule has 0 bridgehead atoms. The molecule has 2 rings (SSSR count). The van der Waals surface area contributed by atoms with E-state index in [1.165, 1.54) is 9.78 Å². The van der Waals surface area contributed by atoms with Crippen LogP contribution in [0.15, 0.2) is 11.2 Å². The quantitative estimate of drug-likeness (QED) is 0.573. The van der Waals surface area contributed by atoms with Crippen LogP contribution in [0.4, 0.5) is 13.2 Å². The number of hydrogen-bond donors (Lipinski definition) is 1. The summed E-state index contributed by atoms with van der Waals surface area (Å²) in [5.41, 5.74) is 0. The van der Waals surface area contributed by atoms with Crippen LogP contribution in [0.5, 0.6) is 0 Å². The van der Waals surface area contributed by atoms with E-state index in [4.69, 9.17) is 0 Å². The number of likely N-dealkylation sites (tertiary alicyclic amines) is 1. The summed E-state index contributed by atoms with van der Waals surface area (Å²) in [7, 11) is 1.73. The van der Waals surface area contributed by atoms with Crippen molar-refractivity contribution in [1.82, 2.24) is 20.1 Å². The number of nitrogens with one attached hydrogen (secondary N) is 1. The third kappa shape index (κ3) is 6.42. The Morgan fingerprint density at radius 2 is 2.23 bits per heavy atom. The van der Waals surface area contributed by atoms with Gasteiger partial charge in [-0.3, -0.25) is 9.89 Å². The van der Waals surface area contributed by atoms with E-state index in [9.17, 15) is 13.2 Å². The molecule has 1 unspecified atom stereocenters. The topological polar surface area (TPSA) is 43.8 Å². The highest BCUT2D eigenvalue weighted by Crippen LogP contribution is 2.21. The molecule has 9 heteroatoms. The molecule has 0 radical (unpaired) electrons. The van der Waals surface area contributed by atoms with Gasteiger partial charge in [0.2, 0.25) is 0 Å². The molecule has 1 atom stereocenters. The first-order valence-corrected chi connectivity index (χ1v) is 9.84. The largest absolute Gasteiger partial charge is 0.401 e. The van der Waals surface area contributed by atoms with Gasteiger partial charge in [0.25, 0.3) is 0 Å². The SMILES string of the molecule is CCc1cnc(CNC(=NC)N2CCC(CN(CC)CC(F)(F)F)C2)s1. The van der Waals surface area contributed by atoms with E-state index in [-0.39, 0.29) is 5.92 Å². The summed E-state index contributed by atoms with van der Waals surface area (Å²) in [6, 6.07) is 0. The average molecular weight is 392 g/mol. The highest BCUT2D eigenvalue weighted by Gasteiger charge is 2.33. The second-order valence-electron chi connectivity index (χ2n) is 6.52. The monoisotopic (exact) mass is 391 g/mol. The van der Waals surface area contributed by atoms with Crippen molar-refractivity contribution in [3.63, 3.8) is 0 Å². The zero-order valence-electron chi connectivity index (χ0n) is 15.6. The number of aryl methyl sites for hydroxylation is 1. The van der Waals surface area contributed by atoms with Gasteiger partial charge in [-0.15, -0.1) is 11.3 Å². The van der Waals surface area contributed by atoms with E-state index in [2.05, 4.69) is 27.1 Å². The van der Waals surface area contributed by atoms with Crippen molar-refractivity contribution in [3.8, 4) is 0 Å². The molecule has 0 aromatic carbocycles. The summed E-state index contributed by atoms with van der Waals surface area (Å²) < 4.78 is 37.9. The number of hydrogen-bond acceptors (Lipinski definition) is 4. The molecule has 0 saturated carbocycles. The van der Waals surface area contributed by atoms with Gasteiger partial charge in [0, 0.05) is 37.8 Å². The van der Waals surface area contributed by atoms with Gasteiger partial charge in [0.1, 0.15) is 5.01 Å². The molecule has 1 N–H and O–H groups in total. The third-order valence-corrected chi connectivity index (χ3v) is 5.65. The average Bonchev–Trinajstić information content (AvgIpc) is 3.23. The van der Waals surface area contributed by atoms with Crippen molar-refractivity contribution in [2.75, 3.05) is 39.8 Å². The van der Waals surface area contributed by atoms with Crippen LogP contribution >= 0.6 is 11.3 Å². The molecule has 0 spiro atoms. The molecule has 1 aliphatic rings. The van der Waals surface area contributed by atoms with Gasteiger partial charge in [-0.25, -0.2) is 4.98 Å². The number of halogens is 3. The smallest absolute Gasteiger partial charge is 0.350 e. The molecule has 1 aromatic rings. The molecule has 0 aliphatic carbocycles. The van der Waals surface area contributed by atoms with Crippen LogP contribution in [-0.4, -0.2) is 66.7 Å². The highest BCUT2D eigenvalue weighted by atomic mass is 32.1. The normalized spacial score (nSPS) is 18.8. The molecule has 1 fully saturated rings. The van der Waals surface area contributed by atoms with Gasteiger partial charge < -0.3 is 10.2 Å². The lowest BCUT2D eigenvalue weighted by Gasteiger charge is -2.26. The minimum atomic E-state index is -4.14. The minimum absolute atomic E-state index is 0.224. The Kier molecular flexibility index (Phi) is 7.69. The minimum Gasteiger partial charge on any atom is -0.350 e. The van der Waals surface area contributed by atoms with E-state index >= 15 is 0 Å². The second-order valence-corrected chi connectivity index (χ2v) is 7.72. The molecular formula is C17H28F3N5S.